The second-order valence-corrected chi connectivity index (χ2v) is 5.36. The number of rotatable bonds is 5. The Hall–Kier alpha value is -0.940. The molecule has 18 heavy (non-hydrogen) atoms. The normalized spacial score (nSPS) is 23.2. The van der Waals surface area contributed by atoms with Crippen molar-refractivity contribution in [3.8, 4) is 0 Å². The average Bonchev–Trinajstić information content (AvgIpc) is 3.16. The average molecular weight is 250 g/mol. The molecule has 0 aromatic carbocycles. The third kappa shape index (κ3) is 2.57. The number of hydrogen-bond donors (Lipinski definition) is 1. The lowest BCUT2D eigenvalue weighted by Gasteiger charge is -2.33. The molecule has 1 atom stereocenters. The van der Waals surface area contributed by atoms with Crippen LogP contribution in [0, 0.1) is 0 Å². The maximum absolute atomic E-state index is 5.40. The fourth-order valence-electron chi connectivity index (χ4n) is 2.62. The van der Waals surface area contributed by atoms with Gasteiger partial charge in [-0.05, 0) is 19.3 Å². The third-order valence-corrected chi connectivity index (χ3v) is 3.84. The molecule has 1 aliphatic heterocycles. The lowest BCUT2D eigenvalue weighted by atomic mass is 10.1. The lowest BCUT2D eigenvalue weighted by molar-refractivity contribution is 0.155. The van der Waals surface area contributed by atoms with Crippen LogP contribution in [0.1, 0.15) is 56.3 Å². The van der Waals surface area contributed by atoms with E-state index in [1.807, 2.05) is 0 Å². The summed E-state index contributed by atoms with van der Waals surface area (Å²) in [7, 11) is 0. The molecule has 3 rings (SSSR count). The standard InChI is InChI=1S/C13H22N4O/c1-2-3-11(17-8-6-14-7-9-17)12-15-13(18-16-12)10-4-5-10/h10-11,14H,2-9H2,1H3. The molecule has 0 radical (unpaired) electrons. The van der Waals surface area contributed by atoms with Gasteiger partial charge in [-0.1, -0.05) is 18.5 Å². The van der Waals surface area contributed by atoms with Crippen LogP contribution in [0.3, 0.4) is 0 Å². The topological polar surface area (TPSA) is 54.2 Å². The van der Waals surface area contributed by atoms with Crippen molar-refractivity contribution in [1.82, 2.24) is 20.4 Å². The molecule has 0 spiro atoms. The zero-order chi connectivity index (χ0) is 12.4. The summed E-state index contributed by atoms with van der Waals surface area (Å²) in [6.45, 7) is 6.51. The van der Waals surface area contributed by atoms with Gasteiger partial charge in [0.2, 0.25) is 5.89 Å². The predicted molar refractivity (Wildman–Crippen MR) is 68.4 cm³/mol. The Morgan fingerprint density at radius 1 is 1.39 bits per heavy atom. The van der Waals surface area contributed by atoms with Crippen molar-refractivity contribution >= 4 is 0 Å². The van der Waals surface area contributed by atoms with Gasteiger partial charge in [0.1, 0.15) is 0 Å². The molecule has 5 heteroatoms. The van der Waals surface area contributed by atoms with Crippen molar-refractivity contribution in [3.63, 3.8) is 0 Å². The van der Waals surface area contributed by atoms with Gasteiger partial charge in [-0.2, -0.15) is 4.98 Å². The van der Waals surface area contributed by atoms with E-state index in [-0.39, 0.29) is 0 Å². The highest BCUT2D eigenvalue weighted by Crippen LogP contribution is 2.39. The number of nitrogens with one attached hydrogen (secondary N) is 1. The van der Waals surface area contributed by atoms with E-state index in [2.05, 4.69) is 27.3 Å². The van der Waals surface area contributed by atoms with E-state index in [9.17, 15) is 0 Å². The summed E-state index contributed by atoms with van der Waals surface area (Å²) >= 11 is 0. The molecule has 0 amide bonds. The van der Waals surface area contributed by atoms with Crippen LogP contribution in [0.4, 0.5) is 0 Å². The van der Waals surface area contributed by atoms with Crippen LogP contribution >= 0.6 is 0 Å². The maximum Gasteiger partial charge on any atom is 0.229 e. The molecule has 2 aliphatic rings. The summed E-state index contributed by atoms with van der Waals surface area (Å²) in [5, 5.41) is 7.61. The van der Waals surface area contributed by atoms with Gasteiger partial charge in [0.25, 0.3) is 0 Å². The minimum absolute atomic E-state index is 0.341. The largest absolute Gasteiger partial charge is 0.339 e. The van der Waals surface area contributed by atoms with E-state index in [0.29, 0.717) is 12.0 Å². The molecule has 1 aliphatic carbocycles. The van der Waals surface area contributed by atoms with Crippen LogP contribution in [-0.2, 0) is 0 Å². The fraction of sp³-hybridized carbons (Fsp3) is 0.846. The SMILES string of the molecule is CCCC(c1noc(C2CC2)n1)N1CCNCC1. The lowest BCUT2D eigenvalue weighted by Crippen LogP contribution is -2.45. The first kappa shape index (κ1) is 12.1. The summed E-state index contributed by atoms with van der Waals surface area (Å²) in [5.74, 6) is 2.32. The molecule has 2 fully saturated rings. The minimum Gasteiger partial charge on any atom is -0.339 e. The smallest absolute Gasteiger partial charge is 0.229 e. The highest BCUT2D eigenvalue weighted by atomic mass is 16.5. The summed E-state index contributed by atoms with van der Waals surface area (Å²) in [6, 6.07) is 0.341. The Morgan fingerprint density at radius 2 is 2.17 bits per heavy atom. The summed E-state index contributed by atoms with van der Waals surface area (Å²) in [6.07, 6.45) is 4.70. The van der Waals surface area contributed by atoms with Crippen molar-refractivity contribution in [2.45, 2.75) is 44.6 Å². The predicted octanol–water partition coefficient (Wildman–Crippen LogP) is 1.69. The van der Waals surface area contributed by atoms with Crippen LogP contribution in [0.25, 0.3) is 0 Å². The van der Waals surface area contributed by atoms with Crippen molar-refractivity contribution in [2.75, 3.05) is 26.2 Å². The number of hydrogen-bond acceptors (Lipinski definition) is 5. The van der Waals surface area contributed by atoms with E-state index >= 15 is 0 Å². The van der Waals surface area contributed by atoms with Crippen LogP contribution in [0.2, 0.25) is 0 Å². The van der Waals surface area contributed by atoms with Gasteiger partial charge in [-0.25, -0.2) is 0 Å². The molecule has 1 aromatic rings. The van der Waals surface area contributed by atoms with Crippen molar-refractivity contribution in [2.24, 2.45) is 0 Å². The molecule has 100 valence electrons. The Labute approximate surface area is 108 Å². The van der Waals surface area contributed by atoms with Gasteiger partial charge in [0, 0.05) is 32.1 Å². The quantitative estimate of drug-likeness (QED) is 0.862. The molecule has 1 saturated heterocycles. The first-order chi connectivity index (χ1) is 8.88. The monoisotopic (exact) mass is 250 g/mol. The minimum atomic E-state index is 0.341. The van der Waals surface area contributed by atoms with Gasteiger partial charge in [0.05, 0.1) is 6.04 Å². The first-order valence-corrected chi connectivity index (χ1v) is 7.16. The van der Waals surface area contributed by atoms with Crippen molar-refractivity contribution < 1.29 is 4.52 Å². The summed E-state index contributed by atoms with van der Waals surface area (Å²) < 4.78 is 5.40. The van der Waals surface area contributed by atoms with Crippen molar-refractivity contribution in [3.05, 3.63) is 11.7 Å². The van der Waals surface area contributed by atoms with Gasteiger partial charge in [0.15, 0.2) is 5.82 Å². The van der Waals surface area contributed by atoms with E-state index in [1.54, 1.807) is 0 Å². The van der Waals surface area contributed by atoms with Crippen LogP contribution < -0.4 is 5.32 Å². The van der Waals surface area contributed by atoms with E-state index in [0.717, 1.165) is 50.7 Å². The zero-order valence-electron chi connectivity index (χ0n) is 11.1. The van der Waals surface area contributed by atoms with Crippen LogP contribution in [-0.4, -0.2) is 41.2 Å². The second-order valence-electron chi connectivity index (χ2n) is 5.36. The number of aromatic nitrogens is 2. The molecule has 0 bridgehead atoms. The number of nitrogens with zero attached hydrogens (tertiary/aromatic N) is 3. The first-order valence-electron chi connectivity index (χ1n) is 7.16. The van der Waals surface area contributed by atoms with Gasteiger partial charge in [-0.15, -0.1) is 0 Å². The summed E-state index contributed by atoms with van der Waals surface area (Å²) in [4.78, 5) is 7.11. The third-order valence-electron chi connectivity index (χ3n) is 3.84. The van der Waals surface area contributed by atoms with Gasteiger partial charge in [-0.3, -0.25) is 4.90 Å². The zero-order valence-corrected chi connectivity index (χ0v) is 11.1. The van der Waals surface area contributed by atoms with E-state index in [4.69, 9.17) is 4.52 Å². The Kier molecular flexibility index (Phi) is 3.61. The highest BCUT2D eigenvalue weighted by molar-refractivity contribution is 5.04. The molecule has 1 N–H and O–H groups in total. The Balaban J connectivity index is 1.73. The number of piperazine rings is 1. The molecular weight excluding hydrogens is 228 g/mol. The maximum atomic E-state index is 5.40. The van der Waals surface area contributed by atoms with Crippen LogP contribution in [0.5, 0.6) is 0 Å². The molecular formula is C13H22N4O. The Morgan fingerprint density at radius 3 is 2.83 bits per heavy atom. The molecule has 5 nitrogen and oxygen atoms in total. The summed E-state index contributed by atoms with van der Waals surface area (Å²) in [5.41, 5.74) is 0. The van der Waals surface area contributed by atoms with E-state index in [1.165, 1.54) is 12.8 Å². The van der Waals surface area contributed by atoms with Crippen molar-refractivity contribution in [1.29, 1.82) is 0 Å². The molecule has 2 heterocycles. The fourth-order valence-corrected chi connectivity index (χ4v) is 2.62. The Bertz CT molecular complexity index is 382. The van der Waals surface area contributed by atoms with E-state index < -0.39 is 0 Å². The highest BCUT2D eigenvalue weighted by Gasteiger charge is 2.32. The second kappa shape index (κ2) is 5.36. The van der Waals surface area contributed by atoms with Gasteiger partial charge >= 0.3 is 0 Å². The van der Waals surface area contributed by atoms with Gasteiger partial charge < -0.3 is 9.84 Å². The molecule has 1 aromatic heterocycles. The molecule has 1 unspecified atom stereocenters. The van der Waals surface area contributed by atoms with Crippen LogP contribution in [0.15, 0.2) is 4.52 Å². The molecule has 1 saturated carbocycles.